The Balaban J connectivity index is 1.69. The van der Waals surface area contributed by atoms with Crippen molar-refractivity contribution in [3.05, 3.63) is 54.3 Å². The van der Waals surface area contributed by atoms with Crippen LogP contribution < -0.4 is 19.7 Å². The quantitative estimate of drug-likeness (QED) is 0.727. The molecule has 1 amide bonds. The molecule has 0 fully saturated rings. The van der Waals surface area contributed by atoms with Gasteiger partial charge in [0.25, 0.3) is 5.91 Å². The number of carbonyl (C=O) groups excluding carboxylic acids is 1. The molecule has 2 N–H and O–H groups in total. The first kappa shape index (κ1) is 18.7. The Bertz CT molecular complexity index is 677. The predicted molar refractivity (Wildman–Crippen MR) is 94.8 cm³/mol. The molecule has 2 aromatic rings. The second-order valence-corrected chi connectivity index (χ2v) is 5.70. The summed E-state index contributed by atoms with van der Waals surface area (Å²) in [5.74, 6) is 1.04. The molecule has 0 saturated heterocycles. The van der Waals surface area contributed by atoms with Crippen LogP contribution in [0.5, 0.6) is 11.5 Å². The molecule has 0 aliphatic carbocycles. The summed E-state index contributed by atoms with van der Waals surface area (Å²) >= 11 is 0. The number of nitrogens with one attached hydrogen (secondary N) is 2. The van der Waals surface area contributed by atoms with Crippen molar-refractivity contribution in [3.63, 3.8) is 0 Å². The molecule has 1 unspecified atom stereocenters. The summed E-state index contributed by atoms with van der Waals surface area (Å²) in [6.07, 6.45) is 0. The Labute approximate surface area is 147 Å². The number of hydrogen-bond donors (Lipinski definition) is 2. The van der Waals surface area contributed by atoms with Crippen molar-refractivity contribution in [2.75, 3.05) is 38.7 Å². The van der Waals surface area contributed by atoms with Gasteiger partial charge in [0.1, 0.15) is 30.5 Å². The highest BCUT2D eigenvalue weighted by molar-refractivity contribution is 5.91. The lowest BCUT2D eigenvalue weighted by Crippen LogP contribution is -3.10. The van der Waals surface area contributed by atoms with Crippen LogP contribution >= 0.6 is 0 Å². The molecular weight excluding hydrogens is 323 g/mol. The van der Waals surface area contributed by atoms with Gasteiger partial charge in [-0.15, -0.1) is 0 Å². The topological polar surface area (TPSA) is 52.0 Å². The van der Waals surface area contributed by atoms with E-state index in [2.05, 4.69) is 5.32 Å². The zero-order chi connectivity index (χ0) is 18.1. The van der Waals surface area contributed by atoms with E-state index in [9.17, 15) is 9.18 Å². The molecule has 0 aliphatic heterocycles. The Hall–Kier alpha value is -2.60. The number of anilines is 1. The van der Waals surface area contributed by atoms with Crippen LogP contribution in [0.3, 0.4) is 0 Å². The molecule has 0 aliphatic rings. The highest BCUT2D eigenvalue weighted by Gasteiger charge is 2.10. The van der Waals surface area contributed by atoms with Crippen molar-refractivity contribution in [1.82, 2.24) is 0 Å². The fourth-order valence-electron chi connectivity index (χ4n) is 2.28. The largest absolute Gasteiger partial charge is 0.494 e. The highest BCUT2D eigenvalue weighted by atomic mass is 19.1. The van der Waals surface area contributed by atoms with E-state index in [4.69, 9.17) is 9.47 Å². The molecule has 2 aromatic carbocycles. The minimum Gasteiger partial charge on any atom is -0.494 e. The molecular formula is C19H24FN2O3+. The van der Waals surface area contributed by atoms with Gasteiger partial charge in [-0.25, -0.2) is 4.39 Å². The Kier molecular flexibility index (Phi) is 7.22. The van der Waals surface area contributed by atoms with Gasteiger partial charge in [0.2, 0.25) is 0 Å². The molecule has 1 atom stereocenters. The summed E-state index contributed by atoms with van der Waals surface area (Å²) in [5, 5.41) is 2.69. The molecule has 0 spiro atoms. The van der Waals surface area contributed by atoms with Gasteiger partial charge in [0.05, 0.1) is 13.7 Å². The van der Waals surface area contributed by atoms with E-state index in [1.54, 1.807) is 12.1 Å². The first-order valence-corrected chi connectivity index (χ1v) is 8.29. The van der Waals surface area contributed by atoms with Crippen LogP contribution in [0.15, 0.2) is 48.5 Å². The van der Waals surface area contributed by atoms with Crippen LogP contribution in [0.25, 0.3) is 0 Å². The molecule has 0 aromatic heterocycles. The van der Waals surface area contributed by atoms with Crippen LogP contribution in [0, 0.1) is 5.82 Å². The first-order chi connectivity index (χ1) is 12.1. The van der Waals surface area contributed by atoms with Gasteiger partial charge in [-0.1, -0.05) is 6.07 Å². The van der Waals surface area contributed by atoms with Crippen molar-refractivity contribution < 1.29 is 23.6 Å². The third-order valence-corrected chi connectivity index (χ3v) is 3.50. The summed E-state index contributed by atoms with van der Waals surface area (Å²) in [6.45, 7) is 4.01. The van der Waals surface area contributed by atoms with Crippen LogP contribution in [-0.2, 0) is 4.79 Å². The number of likely N-dealkylation sites (N-methyl/N-ethyl adjacent to an activating group) is 1. The number of quaternary nitrogens is 1. The number of benzene rings is 2. The van der Waals surface area contributed by atoms with E-state index in [1.807, 2.05) is 38.2 Å². The summed E-state index contributed by atoms with van der Waals surface area (Å²) < 4.78 is 24.1. The number of carbonyl (C=O) groups is 1. The molecule has 5 nitrogen and oxygen atoms in total. The van der Waals surface area contributed by atoms with E-state index < -0.39 is 0 Å². The van der Waals surface area contributed by atoms with E-state index >= 15 is 0 Å². The molecule has 25 heavy (non-hydrogen) atoms. The number of rotatable bonds is 9. The van der Waals surface area contributed by atoms with Gasteiger partial charge in [-0.3, -0.25) is 4.79 Å². The Morgan fingerprint density at radius 3 is 2.44 bits per heavy atom. The van der Waals surface area contributed by atoms with Crippen molar-refractivity contribution in [3.8, 4) is 11.5 Å². The predicted octanol–water partition coefficient (Wildman–Crippen LogP) is 1.76. The minimum atomic E-state index is -0.373. The number of halogens is 1. The van der Waals surface area contributed by atoms with Crippen LogP contribution in [0.2, 0.25) is 0 Å². The molecule has 2 rings (SSSR count). The SMILES string of the molecule is CCOc1ccc(OCC[NH+](C)CC(=O)Nc2cccc(F)c2)cc1. The van der Waals surface area contributed by atoms with E-state index in [-0.39, 0.29) is 18.3 Å². The normalized spacial score (nSPS) is 11.6. The van der Waals surface area contributed by atoms with Gasteiger partial charge >= 0.3 is 0 Å². The monoisotopic (exact) mass is 347 g/mol. The minimum absolute atomic E-state index is 0.163. The number of amides is 1. The Morgan fingerprint density at radius 2 is 1.80 bits per heavy atom. The third-order valence-electron chi connectivity index (χ3n) is 3.50. The molecule has 6 heteroatoms. The maximum Gasteiger partial charge on any atom is 0.279 e. The summed E-state index contributed by atoms with van der Waals surface area (Å²) in [7, 11) is 1.91. The number of hydrogen-bond acceptors (Lipinski definition) is 3. The standard InChI is InChI=1S/C19H23FN2O3/c1-3-24-17-7-9-18(10-8-17)25-12-11-22(2)14-19(23)21-16-6-4-5-15(20)13-16/h4-10,13H,3,11-12,14H2,1-2H3,(H,21,23)/p+1. The summed E-state index contributed by atoms with van der Waals surface area (Å²) in [6, 6.07) is 13.3. The average molecular weight is 347 g/mol. The van der Waals surface area contributed by atoms with Gasteiger partial charge < -0.3 is 19.7 Å². The van der Waals surface area contributed by atoms with Gasteiger partial charge in [0, 0.05) is 5.69 Å². The second kappa shape index (κ2) is 9.64. The van der Waals surface area contributed by atoms with Crippen LogP contribution in [-0.4, -0.2) is 39.3 Å². The van der Waals surface area contributed by atoms with E-state index in [0.717, 1.165) is 16.4 Å². The zero-order valence-electron chi connectivity index (χ0n) is 14.5. The van der Waals surface area contributed by atoms with E-state index in [0.29, 0.717) is 25.4 Å². The average Bonchev–Trinajstić information content (AvgIpc) is 2.56. The van der Waals surface area contributed by atoms with Gasteiger partial charge in [0.15, 0.2) is 6.54 Å². The third kappa shape index (κ3) is 6.81. The fourth-order valence-corrected chi connectivity index (χ4v) is 2.28. The maximum absolute atomic E-state index is 13.1. The highest BCUT2D eigenvalue weighted by Crippen LogP contribution is 2.17. The van der Waals surface area contributed by atoms with Gasteiger partial charge in [-0.05, 0) is 49.4 Å². The second-order valence-electron chi connectivity index (χ2n) is 5.70. The Morgan fingerprint density at radius 1 is 1.12 bits per heavy atom. The molecule has 0 radical (unpaired) electrons. The molecule has 0 heterocycles. The lowest BCUT2D eigenvalue weighted by Gasteiger charge is -2.14. The van der Waals surface area contributed by atoms with Crippen molar-refractivity contribution >= 4 is 11.6 Å². The smallest absolute Gasteiger partial charge is 0.279 e. The molecule has 0 bridgehead atoms. The maximum atomic E-state index is 13.1. The lowest BCUT2D eigenvalue weighted by atomic mass is 10.3. The first-order valence-electron chi connectivity index (χ1n) is 8.29. The van der Waals surface area contributed by atoms with E-state index in [1.165, 1.54) is 12.1 Å². The summed E-state index contributed by atoms with van der Waals surface area (Å²) in [5.41, 5.74) is 0.462. The lowest BCUT2D eigenvalue weighted by molar-refractivity contribution is -0.871. The molecule has 134 valence electrons. The number of ether oxygens (including phenoxy) is 2. The van der Waals surface area contributed by atoms with Crippen molar-refractivity contribution in [2.45, 2.75) is 6.92 Å². The van der Waals surface area contributed by atoms with Crippen molar-refractivity contribution in [1.29, 1.82) is 0 Å². The van der Waals surface area contributed by atoms with Crippen molar-refractivity contribution in [2.24, 2.45) is 0 Å². The van der Waals surface area contributed by atoms with Crippen LogP contribution in [0.1, 0.15) is 6.92 Å². The van der Waals surface area contributed by atoms with Gasteiger partial charge in [-0.2, -0.15) is 0 Å². The zero-order valence-corrected chi connectivity index (χ0v) is 14.5. The fraction of sp³-hybridized carbons (Fsp3) is 0.316. The molecule has 0 saturated carbocycles. The summed E-state index contributed by atoms with van der Waals surface area (Å²) in [4.78, 5) is 13.0. The van der Waals surface area contributed by atoms with Crippen LogP contribution in [0.4, 0.5) is 10.1 Å².